The highest BCUT2D eigenvalue weighted by atomic mass is 16.2. The Balaban J connectivity index is 2.32. The molecular formula is C11H17N3O. The fourth-order valence-electron chi connectivity index (χ4n) is 1.44. The van der Waals surface area contributed by atoms with E-state index < -0.39 is 0 Å². The summed E-state index contributed by atoms with van der Waals surface area (Å²) in [5.74, 6) is 0.653. The molecule has 4 heteroatoms. The molecule has 4 nitrogen and oxygen atoms in total. The average Bonchev–Trinajstić information content (AvgIpc) is 2.87. The van der Waals surface area contributed by atoms with Gasteiger partial charge in [-0.1, -0.05) is 20.8 Å². The van der Waals surface area contributed by atoms with Gasteiger partial charge in [-0.2, -0.15) is 9.78 Å². The van der Waals surface area contributed by atoms with Crippen molar-refractivity contribution in [1.29, 1.82) is 0 Å². The first kappa shape index (κ1) is 10.2. The van der Waals surface area contributed by atoms with Crippen molar-refractivity contribution in [2.45, 2.75) is 39.0 Å². The first-order valence-electron chi connectivity index (χ1n) is 5.30. The topological polar surface area (TPSA) is 60.9 Å². The third-order valence-corrected chi connectivity index (χ3v) is 2.64. The smallest absolute Gasteiger partial charge is 0.251 e. The van der Waals surface area contributed by atoms with Crippen LogP contribution in [0.5, 0.6) is 0 Å². The van der Waals surface area contributed by atoms with E-state index in [4.69, 9.17) is 5.73 Å². The van der Waals surface area contributed by atoms with Gasteiger partial charge in [0.25, 0.3) is 5.91 Å². The van der Waals surface area contributed by atoms with Gasteiger partial charge in [-0.25, -0.2) is 0 Å². The molecule has 0 atom stereocenters. The molecule has 0 aliphatic heterocycles. The highest BCUT2D eigenvalue weighted by Gasteiger charge is 2.33. The van der Waals surface area contributed by atoms with Crippen LogP contribution in [0, 0.1) is 5.92 Å². The quantitative estimate of drug-likeness (QED) is 0.764. The zero-order chi connectivity index (χ0) is 11.2. The molecule has 15 heavy (non-hydrogen) atoms. The third kappa shape index (κ3) is 1.89. The Labute approximate surface area is 89.5 Å². The molecule has 1 aliphatic rings. The van der Waals surface area contributed by atoms with Crippen molar-refractivity contribution in [2.75, 3.05) is 5.73 Å². The summed E-state index contributed by atoms with van der Waals surface area (Å²) >= 11 is 0. The number of anilines is 1. The maximum Gasteiger partial charge on any atom is 0.251 e. The van der Waals surface area contributed by atoms with Gasteiger partial charge in [0, 0.05) is 17.4 Å². The lowest BCUT2D eigenvalue weighted by Crippen LogP contribution is -2.18. The minimum Gasteiger partial charge on any atom is -0.383 e. The van der Waals surface area contributed by atoms with E-state index in [1.54, 1.807) is 6.07 Å². The zero-order valence-corrected chi connectivity index (χ0v) is 9.45. The lowest BCUT2D eigenvalue weighted by Gasteiger charge is -2.13. The number of carbonyl (C=O) groups is 1. The molecule has 1 saturated carbocycles. The largest absolute Gasteiger partial charge is 0.383 e. The van der Waals surface area contributed by atoms with E-state index in [1.807, 2.05) is 0 Å². The minimum atomic E-state index is -0.0663. The van der Waals surface area contributed by atoms with Crippen molar-refractivity contribution in [3.63, 3.8) is 0 Å². The standard InChI is InChI=1S/C11H17N3O/c1-11(2,3)8-6-9(12)14(13-8)10(15)7-4-5-7/h6-7H,4-5,12H2,1-3H3. The monoisotopic (exact) mass is 207 g/mol. The van der Waals surface area contributed by atoms with Crippen LogP contribution in [0.4, 0.5) is 5.82 Å². The van der Waals surface area contributed by atoms with E-state index in [9.17, 15) is 4.79 Å². The van der Waals surface area contributed by atoms with Gasteiger partial charge in [0.15, 0.2) is 0 Å². The van der Waals surface area contributed by atoms with Crippen molar-refractivity contribution in [2.24, 2.45) is 5.92 Å². The van der Waals surface area contributed by atoms with E-state index in [2.05, 4.69) is 25.9 Å². The Bertz CT molecular complexity index is 396. The molecule has 0 spiro atoms. The first-order valence-corrected chi connectivity index (χ1v) is 5.30. The van der Waals surface area contributed by atoms with Crippen LogP contribution < -0.4 is 5.73 Å². The summed E-state index contributed by atoms with van der Waals surface area (Å²) in [5, 5.41) is 4.28. The second kappa shape index (κ2) is 3.08. The Kier molecular flexibility index (Phi) is 2.10. The summed E-state index contributed by atoms with van der Waals surface area (Å²) in [6.07, 6.45) is 1.95. The van der Waals surface area contributed by atoms with Gasteiger partial charge in [0.2, 0.25) is 0 Å². The van der Waals surface area contributed by atoms with Crippen LogP contribution in [0.25, 0.3) is 0 Å². The maximum atomic E-state index is 11.8. The van der Waals surface area contributed by atoms with E-state index in [-0.39, 0.29) is 17.2 Å². The maximum absolute atomic E-state index is 11.8. The Morgan fingerprint density at radius 3 is 2.53 bits per heavy atom. The van der Waals surface area contributed by atoms with E-state index in [0.717, 1.165) is 18.5 Å². The van der Waals surface area contributed by atoms with E-state index >= 15 is 0 Å². The molecular weight excluding hydrogens is 190 g/mol. The van der Waals surface area contributed by atoms with Crippen LogP contribution >= 0.6 is 0 Å². The molecule has 1 heterocycles. The van der Waals surface area contributed by atoms with Crippen LogP contribution in [0.1, 0.15) is 44.1 Å². The van der Waals surface area contributed by atoms with Crippen molar-refractivity contribution in [1.82, 2.24) is 9.78 Å². The first-order chi connectivity index (χ1) is 6.89. The van der Waals surface area contributed by atoms with Crippen molar-refractivity contribution in [3.05, 3.63) is 11.8 Å². The van der Waals surface area contributed by atoms with Crippen molar-refractivity contribution < 1.29 is 4.79 Å². The number of nitrogens with two attached hydrogens (primary N) is 1. The normalized spacial score (nSPS) is 16.7. The van der Waals surface area contributed by atoms with Gasteiger partial charge in [0.05, 0.1) is 5.69 Å². The number of rotatable bonds is 1. The van der Waals surface area contributed by atoms with Gasteiger partial charge in [-0.05, 0) is 12.8 Å². The van der Waals surface area contributed by atoms with E-state index in [0.29, 0.717) is 5.82 Å². The van der Waals surface area contributed by atoms with Gasteiger partial charge >= 0.3 is 0 Å². The number of aromatic nitrogens is 2. The summed E-state index contributed by atoms with van der Waals surface area (Å²) in [7, 11) is 0. The molecule has 82 valence electrons. The molecule has 1 aliphatic carbocycles. The SMILES string of the molecule is CC(C)(C)c1cc(N)n(C(=O)C2CC2)n1. The highest BCUT2D eigenvalue weighted by molar-refractivity contribution is 5.85. The summed E-state index contributed by atoms with van der Waals surface area (Å²) in [4.78, 5) is 11.8. The summed E-state index contributed by atoms with van der Waals surface area (Å²) < 4.78 is 1.36. The number of nitrogens with zero attached hydrogens (tertiary/aromatic N) is 2. The number of hydrogen-bond donors (Lipinski definition) is 1. The molecule has 2 N–H and O–H groups in total. The number of hydrogen-bond acceptors (Lipinski definition) is 3. The van der Waals surface area contributed by atoms with Crippen LogP contribution in [0.15, 0.2) is 6.07 Å². The average molecular weight is 207 g/mol. The number of nitrogen functional groups attached to an aromatic ring is 1. The molecule has 0 aromatic carbocycles. The third-order valence-electron chi connectivity index (χ3n) is 2.64. The van der Waals surface area contributed by atoms with E-state index in [1.165, 1.54) is 4.68 Å². The van der Waals surface area contributed by atoms with Crippen molar-refractivity contribution >= 4 is 11.7 Å². The summed E-state index contributed by atoms with van der Waals surface area (Å²) in [6, 6.07) is 1.79. The second-order valence-corrected chi connectivity index (χ2v) is 5.23. The molecule has 1 aromatic heterocycles. The Hall–Kier alpha value is -1.32. The predicted octanol–water partition coefficient (Wildman–Crippen LogP) is 1.81. The molecule has 0 unspecified atom stereocenters. The lowest BCUT2D eigenvalue weighted by molar-refractivity contribution is 0.0872. The van der Waals surface area contributed by atoms with Crippen LogP contribution in [-0.2, 0) is 5.41 Å². The van der Waals surface area contributed by atoms with Crippen molar-refractivity contribution in [3.8, 4) is 0 Å². The van der Waals surface area contributed by atoms with Gasteiger partial charge in [0.1, 0.15) is 5.82 Å². The lowest BCUT2D eigenvalue weighted by atomic mass is 9.92. The Morgan fingerprint density at radius 2 is 2.13 bits per heavy atom. The fourth-order valence-corrected chi connectivity index (χ4v) is 1.44. The number of carbonyl (C=O) groups excluding carboxylic acids is 1. The molecule has 0 saturated heterocycles. The second-order valence-electron chi connectivity index (χ2n) is 5.23. The summed E-state index contributed by atoms with van der Waals surface area (Å²) in [5.41, 5.74) is 6.59. The molecule has 0 amide bonds. The Morgan fingerprint density at radius 1 is 1.53 bits per heavy atom. The molecule has 2 rings (SSSR count). The van der Waals surface area contributed by atoms with Crippen LogP contribution in [-0.4, -0.2) is 15.7 Å². The van der Waals surface area contributed by atoms with Gasteiger partial charge in [-0.15, -0.1) is 0 Å². The van der Waals surface area contributed by atoms with Gasteiger partial charge < -0.3 is 5.73 Å². The molecule has 1 aromatic rings. The summed E-state index contributed by atoms with van der Waals surface area (Å²) in [6.45, 7) is 6.17. The van der Waals surface area contributed by atoms with Gasteiger partial charge in [-0.3, -0.25) is 4.79 Å². The molecule has 1 fully saturated rings. The minimum absolute atomic E-state index is 0.0444. The van der Waals surface area contributed by atoms with Crippen LogP contribution in [0.3, 0.4) is 0 Å². The fraction of sp³-hybridized carbons (Fsp3) is 0.636. The highest BCUT2D eigenvalue weighted by Crippen LogP contribution is 2.32. The molecule has 0 bridgehead atoms. The predicted molar refractivity (Wildman–Crippen MR) is 58.7 cm³/mol. The zero-order valence-electron chi connectivity index (χ0n) is 9.45. The van der Waals surface area contributed by atoms with Crippen LogP contribution in [0.2, 0.25) is 0 Å². The molecule has 0 radical (unpaired) electrons.